The predicted molar refractivity (Wildman–Crippen MR) is 84.5 cm³/mol. The molecule has 0 saturated heterocycles. The number of hydrogen-bond acceptors (Lipinski definition) is 2. The van der Waals surface area contributed by atoms with Gasteiger partial charge < -0.3 is 5.73 Å². The third-order valence-corrected chi connectivity index (χ3v) is 4.90. The van der Waals surface area contributed by atoms with Crippen molar-refractivity contribution in [2.45, 2.75) is 45.6 Å². The predicted octanol–water partition coefficient (Wildman–Crippen LogP) is 4.37. The number of nitrogens with zero attached hydrogens (tertiary/aromatic N) is 1. The molecule has 3 unspecified atom stereocenters. The zero-order chi connectivity index (χ0) is 14.1. The highest BCUT2D eigenvalue weighted by Gasteiger charge is 2.28. The fraction of sp³-hybridized carbons (Fsp3) is 0.500. The number of nitrogens with two attached hydrogens (primary N) is 1. The highest BCUT2D eigenvalue weighted by molar-refractivity contribution is 5.79. The van der Waals surface area contributed by atoms with Crippen molar-refractivity contribution in [3.05, 3.63) is 41.6 Å². The molecule has 2 aromatic rings. The van der Waals surface area contributed by atoms with E-state index in [4.69, 9.17) is 5.73 Å². The molecule has 3 rings (SSSR count). The first-order valence-electron chi connectivity index (χ1n) is 7.80. The molecule has 1 aromatic heterocycles. The van der Waals surface area contributed by atoms with Crippen LogP contribution in [0.5, 0.6) is 0 Å². The van der Waals surface area contributed by atoms with Crippen LogP contribution in [0.25, 0.3) is 10.9 Å². The van der Waals surface area contributed by atoms with Crippen LogP contribution in [-0.4, -0.2) is 4.98 Å². The normalized spacial score (nSPS) is 24.1. The summed E-state index contributed by atoms with van der Waals surface area (Å²) < 4.78 is 0. The van der Waals surface area contributed by atoms with Crippen molar-refractivity contribution >= 4 is 10.9 Å². The molecule has 2 nitrogen and oxygen atoms in total. The van der Waals surface area contributed by atoms with Gasteiger partial charge in [-0.2, -0.15) is 0 Å². The lowest BCUT2D eigenvalue weighted by molar-refractivity contribution is 0.416. The molecule has 106 valence electrons. The maximum absolute atomic E-state index is 6.52. The van der Waals surface area contributed by atoms with Gasteiger partial charge in [-0.1, -0.05) is 31.9 Å². The van der Waals surface area contributed by atoms with Gasteiger partial charge in [0.2, 0.25) is 0 Å². The minimum atomic E-state index is 0.178. The number of pyridine rings is 1. The first-order valence-corrected chi connectivity index (χ1v) is 7.80. The minimum Gasteiger partial charge on any atom is -0.324 e. The molecule has 1 aliphatic carbocycles. The van der Waals surface area contributed by atoms with Gasteiger partial charge in [-0.15, -0.1) is 0 Å². The van der Waals surface area contributed by atoms with Gasteiger partial charge in [0.25, 0.3) is 0 Å². The molecule has 0 bridgehead atoms. The summed E-state index contributed by atoms with van der Waals surface area (Å²) in [5.41, 5.74) is 9.92. The van der Waals surface area contributed by atoms with Crippen molar-refractivity contribution in [1.82, 2.24) is 4.98 Å². The molecule has 2 heteroatoms. The van der Waals surface area contributed by atoms with Crippen LogP contribution in [0.15, 0.2) is 30.3 Å². The van der Waals surface area contributed by atoms with Crippen LogP contribution in [0, 0.1) is 18.8 Å². The van der Waals surface area contributed by atoms with Crippen molar-refractivity contribution in [2.75, 3.05) is 0 Å². The number of aromatic nitrogens is 1. The first kappa shape index (κ1) is 13.6. The zero-order valence-corrected chi connectivity index (χ0v) is 12.5. The number of benzene rings is 1. The second-order valence-electron chi connectivity index (χ2n) is 6.28. The van der Waals surface area contributed by atoms with E-state index in [1.54, 1.807) is 0 Å². The minimum absolute atomic E-state index is 0.178. The molecule has 3 atom stereocenters. The molecule has 0 radical (unpaired) electrons. The Morgan fingerprint density at radius 2 is 2.10 bits per heavy atom. The topological polar surface area (TPSA) is 38.9 Å². The van der Waals surface area contributed by atoms with Gasteiger partial charge in [-0.3, -0.25) is 4.98 Å². The van der Waals surface area contributed by atoms with Gasteiger partial charge in [0.05, 0.1) is 5.52 Å². The zero-order valence-electron chi connectivity index (χ0n) is 12.5. The van der Waals surface area contributed by atoms with Crippen LogP contribution in [0.2, 0.25) is 0 Å². The Bertz CT molecular complexity index is 605. The summed E-state index contributed by atoms with van der Waals surface area (Å²) in [7, 11) is 0. The van der Waals surface area contributed by atoms with Gasteiger partial charge in [0.15, 0.2) is 0 Å². The van der Waals surface area contributed by atoms with Crippen molar-refractivity contribution < 1.29 is 0 Å². The van der Waals surface area contributed by atoms with Gasteiger partial charge in [0, 0.05) is 17.1 Å². The Morgan fingerprint density at radius 1 is 1.25 bits per heavy atom. The third-order valence-electron chi connectivity index (χ3n) is 4.90. The maximum atomic E-state index is 6.52. The summed E-state index contributed by atoms with van der Waals surface area (Å²) in [6, 6.07) is 10.9. The Balaban J connectivity index is 1.84. The Labute approximate surface area is 121 Å². The molecule has 0 spiro atoms. The number of aryl methyl sites for hydroxylation is 1. The van der Waals surface area contributed by atoms with Crippen LogP contribution in [0.4, 0.5) is 0 Å². The van der Waals surface area contributed by atoms with E-state index in [1.165, 1.54) is 36.6 Å². The average molecular weight is 268 g/mol. The average Bonchev–Trinajstić information content (AvgIpc) is 2.95. The van der Waals surface area contributed by atoms with E-state index in [0.717, 1.165) is 17.1 Å². The molecule has 0 amide bonds. The summed E-state index contributed by atoms with van der Waals surface area (Å²) >= 11 is 0. The fourth-order valence-electron chi connectivity index (χ4n) is 3.54. The summed E-state index contributed by atoms with van der Waals surface area (Å²) in [4.78, 5) is 4.56. The molecule has 2 N–H and O–H groups in total. The van der Waals surface area contributed by atoms with E-state index in [1.807, 2.05) is 6.92 Å². The standard InChI is InChI=1S/C18H24N2/c1-3-13-5-7-15(10-13)18(19)16-8-9-17-14(11-16)6-4-12(2)20-17/h4,6,8-9,11,13,15,18H,3,5,7,10,19H2,1-2H3. The molecular formula is C18H24N2. The number of rotatable bonds is 3. The largest absolute Gasteiger partial charge is 0.324 e. The Hall–Kier alpha value is -1.41. The molecule has 0 aliphatic heterocycles. The quantitative estimate of drug-likeness (QED) is 0.897. The van der Waals surface area contributed by atoms with Crippen LogP contribution < -0.4 is 5.73 Å². The van der Waals surface area contributed by atoms with Gasteiger partial charge in [0.1, 0.15) is 0 Å². The van der Waals surface area contributed by atoms with E-state index in [-0.39, 0.29) is 6.04 Å². The van der Waals surface area contributed by atoms with Crippen molar-refractivity contribution in [3.63, 3.8) is 0 Å². The third kappa shape index (κ3) is 2.57. The van der Waals surface area contributed by atoms with Gasteiger partial charge in [-0.05, 0) is 55.4 Å². The van der Waals surface area contributed by atoms with E-state index >= 15 is 0 Å². The lowest BCUT2D eigenvalue weighted by Gasteiger charge is -2.20. The van der Waals surface area contributed by atoms with E-state index < -0.39 is 0 Å². The summed E-state index contributed by atoms with van der Waals surface area (Å²) in [6.07, 6.45) is 5.22. The SMILES string of the molecule is CCC1CCC(C(N)c2ccc3nc(C)ccc3c2)C1. The van der Waals surface area contributed by atoms with E-state index in [0.29, 0.717) is 5.92 Å². The monoisotopic (exact) mass is 268 g/mol. The van der Waals surface area contributed by atoms with Gasteiger partial charge in [-0.25, -0.2) is 0 Å². The Morgan fingerprint density at radius 3 is 2.85 bits per heavy atom. The second kappa shape index (κ2) is 5.53. The molecule has 1 heterocycles. The van der Waals surface area contributed by atoms with Crippen molar-refractivity contribution in [2.24, 2.45) is 17.6 Å². The van der Waals surface area contributed by atoms with Crippen LogP contribution >= 0.6 is 0 Å². The lowest BCUT2D eigenvalue weighted by Crippen LogP contribution is -2.19. The van der Waals surface area contributed by atoms with E-state index in [2.05, 4.69) is 42.2 Å². The smallest absolute Gasteiger partial charge is 0.0705 e. The van der Waals surface area contributed by atoms with Crippen LogP contribution in [0.1, 0.15) is 49.9 Å². The lowest BCUT2D eigenvalue weighted by atomic mass is 9.90. The van der Waals surface area contributed by atoms with Gasteiger partial charge >= 0.3 is 0 Å². The first-order chi connectivity index (χ1) is 9.67. The maximum Gasteiger partial charge on any atom is 0.0705 e. The molecule has 1 fully saturated rings. The molecule has 1 aliphatic rings. The molecular weight excluding hydrogens is 244 g/mol. The summed E-state index contributed by atoms with van der Waals surface area (Å²) in [5.74, 6) is 1.53. The second-order valence-corrected chi connectivity index (χ2v) is 6.28. The summed E-state index contributed by atoms with van der Waals surface area (Å²) in [5, 5.41) is 1.20. The highest BCUT2D eigenvalue weighted by atomic mass is 14.7. The van der Waals surface area contributed by atoms with Crippen molar-refractivity contribution in [1.29, 1.82) is 0 Å². The van der Waals surface area contributed by atoms with Crippen LogP contribution in [-0.2, 0) is 0 Å². The summed E-state index contributed by atoms with van der Waals surface area (Å²) in [6.45, 7) is 4.32. The molecule has 20 heavy (non-hydrogen) atoms. The Kier molecular flexibility index (Phi) is 3.75. The van der Waals surface area contributed by atoms with Crippen molar-refractivity contribution in [3.8, 4) is 0 Å². The van der Waals surface area contributed by atoms with Crippen LogP contribution in [0.3, 0.4) is 0 Å². The highest BCUT2D eigenvalue weighted by Crippen LogP contribution is 2.39. The molecule has 1 saturated carbocycles. The number of fused-ring (bicyclic) bond motifs is 1. The molecule has 1 aromatic carbocycles. The number of hydrogen-bond donors (Lipinski definition) is 1. The fourth-order valence-corrected chi connectivity index (χ4v) is 3.54. The van der Waals surface area contributed by atoms with E-state index in [9.17, 15) is 0 Å².